The third-order valence-electron chi connectivity index (χ3n) is 4.75. The minimum absolute atomic E-state index is 0.451. The van der Waals surface area contributed by atoms with Crippen molar-refractivity contribution in [3.05, 3.63) is 112 Å². The summed E-state index contributed by atoms with van der Waals surface area (Å²) in [6.45, 7) is 0.956. The molecule has 0 fully saturated rings. The van der Waals surface area contributed by atoms with Crippen molar-refractivity contribution >= 4 is 40.2 Å². The highest BCUT2D eigenvalue weighted by molar-refractivity contribution is 6.35. The van der Waals surface area contributed by atoms with Gasteiger partial charge in [0.05, 0.1) is 12.8 Å². The molecule has 0 aromatic heterocycles. The molecule has 5 heteroatoms. The van der Waals surface area contributed by atoms with Gasteiger partial charge in [0.1, 0.15) is 12.4 Å². The molecule has 3 nitrogen and oxygen atoms in total. The minimum Gasteiger partial charge on any atom is -0.489 e. The Hall–Kier alpha value is -3.01. The number of hydrazone groups is 1. The van der Waals surface area contributed by atoms with E-state index >= 15 is 0 Å². The standard InChI is InChI=1S/C25H20Cl2N2O/c26-24-12-5-13-25(27)23(24)16-29-28-15-18-6-3-10-21(14-18)30-17-20-9-4-8-19-7-1-2-11-22(19)20/h1-15,29H,16-17H2/b28-15+. The van der Waals surface area contributed by atoms with Crippen LogP contribution < -0.4 is 10.2 Å². The van der Waals surface area contributed by atoms with Gasteiger partial charge in [0.25, 0.3) is 0 Å². The van der Waals surface area contributed by atoms with E-state index in [4.69, 9.17) is 27.9 Å². The van der Waals surface area contributed by atoms with Crippen molar-refractivity contribution in [2.45, 2.75) is 13.2 Å². The maximum atomic E-state index is 6.18. The van der Waals surface area contributed by atoms with Gasteiger partial charge in [-0.1, -0.05) is 83.9 Å². The van der Waals surface area contributed by atoms with Crippen molar-refractivity contribution in [1.82, 2.24) is 5.43 Å². The second kappa shape index (κ2) is 9.66. The first-order chi connectivity index (χ1) is 14.7. The molecule has 0 bridgehead atoms. The van der Waals surface area contributed by atoms with E-state index in [1.807, 2.05) is 54.6 Å². The maximum Gasteiger partial charge on any atom is 0.120 e. The Balaban J connectivity index is 1.38. The number of rotatable bonds is 7. The highest BCUT2D eigenvalue weighted by atomic mass is 35.5. The van der Waals surface area contributed by atoms with Gasteiger partial charge in [-0.05, 0) is 46.2 Å². The molecule has 1 N–H and O–H groups in total. The number of hydrogen-bond acceptors (Lipinski definition) is 3. The van der Waals surface area contributed by atoms with Crippen LogP contribution in [0.4, 0.5) is 0 Å². The molecule has 4 aromatic carbocycles. The lowest BCUT2D eigenvalue weighted by atomic mass is 10.1. The third kappa shape index (κ3) is 4.93. The van der Waals surface area contributed by atoms with E-state index in [0.717, 1.165) is 22.4 Å². The lowest BCUT2D eigenvalue weighted by molar-refractivity contribution is 0.307. The summed E-state index contributed by atoms with van der Waals surface area (Å²) in [6, 6.07) is 27.8. The first-order valence-electron chi connectivity index (χ1n) is 9.59. The third-order valence-corrected chi connectivity index (χ3v) is 5.46. The Labute approximate surface area is 185 Å². The molecule has 0 aliphatic heterocycles. The van der Waals surface area contributed by atoms with Gasteiger partial charge in [-0.15, -0.1) is 0 Å². The summed E-state index contributed by atoms with van der Waals surface area (Å²) in [6.07, 6.45) is 1.75. The number of ether oxygens (including phenoxy) is 1. The average molecular weight is 435 g/mol. The molecule has 0 aliphatic carbocycles. The molecule has 0 unspecified atom stereocenters. The summed E-state index contributed by atoms with van der Waals surface area (Å²) in [5, 5.41) is 7.93. The Morgan fingerprint density at radius 1 is 0.833 bits per heavy atom. The van der Waals surface area contributed by atoms with Gasteiger partial charge in [0.2, 0.25) is 0 Å². The molecule has 0 saturated heterocycles. The zero-order chi connectivity index (χ0) is 20.8. The molecule has 4 aromatic rings. The number of hydrogen-bond donors (Lipinski definition) is 1. The lowest BCUT2D eigenvalue weighted by Crippen LogP contribution is -2.06. The number of benzene rings is 4. The summed E-state index contributed by atoms with van der Waals surface area (Å²) in [5.74, 6) is 0.793. The normalized spacial score (nSPS) is 11.1. The number of halogens is 2. The Morgan fingerprint density at radius 3 is 2.43 bits per heavy atom. The van der Waals surface area contributed by atoms with Crippen molar-refractivity contribution in [3.63, 3.8) is 0 Å². The zero-order valence-electron chi connectivity index (χ0n) is 16.2. The van der Waals surface area contributed by atoms with Crippen LogP contribution in [0.1, 0.15) is 16.7 Å². The van der Waals surface area contributed by atoms with Crippen molar-refractivity contribution in [1.29, 1.82) is 0 Å². The Bertz CT molecular complexity index is 1170. The SMILES string of the molecule is Clc1cccc(Cl)c1CN/N=C/c1cccc(OCc2cccc3ccccc23)c1. The molecular formula is C25H20Cl2N2O. The highest BCUT2D eigenvalue weighted by Gasteiger charge is 2.04. The van der Waals surface area contributed by atoms with Crippen LogP contribution in [0, 0.1) is 0 Å². The molecule has 0 amide bonds. The van der Waals surface area contributed by atoms with Crippen molar-refractivity contribution in [2.24, 2.45) is 5.10 Å². The van der Waals surface area contributed by atoms with Gasteiger partial charge in [0.15, 0.2) is 0 Å². The van der Waals surface area contributed by atoms with Crippen LogP contribution in [0.3, 0.4) is 0 Å². The second-order valence-corrected chi connectivity index (χ2v) is 7.61. The predicted octanol–water partition coefficient (Wildman–Crippen LogP) is 6.85. The quantitative estimate of drug-likeness (QED) is 0.254. The number of nitrogens with zero attached hydrogens (tertiary/aromatic N) is 1. The molecule has 0 atom stereocenters. The molecule has 30 heavy (non-hydrogen) atoms. The number of nitrogens with one attached hydrogen (secondary N) is 1. The molecule has 150 valence electrons. The minimum atomic E-state index is 0.451. The molecule has 4 rings (SSSR count). The van der Waals surface area contributed by atoms with Crippen molar-refractivity contribution in [3.8, 4) is 5.75 Å². The molecule has 0 aliphatic rings. The van der Waals surface area contributed by atoms with Crippen LogP contribution in [0.5, 0.6) is 5.75 Å². The summed E-state index contributed by atoms with van der Waals surface area (Å²) >= 11 is 12.4. The fraction of sp³-hybridized carbons (Fsp3) is 0.0800. The topological polar surface area (TPSA) is 33.6 Å². The van der Waals surface area contributed by atoms with Gasteiger partial charge in [-0.3, -0.25) is 0 Å². The van der Waals surface area contributed by atoms with Gasteiger partial charge >= 0.3 is 0 Å². The Kier molecular flexibility index (Phi) is 6.53. The predicted molar refractivity (Wildman–Crippen MR) is 126 cm³/mol. The van der Waals surface area contributed by atoms with E-state index in [-0.39, 0.29) is 0 Å². The highest BCUT2D eigenvalue weighted by Crippen LogP contribution is 2.24. The summed E-state index contributed by atoms with van der Waals surface area (Å²) in [5.41, 5.74) is 5.90. The molecule has 0 heterocycles. The second-order valence-electron chi connectivity index (χ2n) is 6.79. The fourth-order valence-electron chi connectivity index (χ4n) is 3.21. The van der Waals surface area contributed by atoms with E-state index < -0.39 is 0 Å². The van der Waals surface area contributed by atoms with Gasteiger partial charge in [-0.2, -0.15) is 5.10 Å². The van der Waals surface area contributed by atoms with E-state index in [1.165, 1.54) is 10.8 Å². The van der Waals surface area contributed by atoms with Crippen LogP contribution in [0.2, 0.25) is 10.0 Å². The van der Waals surface area contributed by atoms with E-state index in [1.54, 1.807) is 6.21 Å². The molecule has 0 saturated carbocycles. The van der Waals surface area contributed by atoms with Gasteiger partial charge in [-0.25, -0.2) is 0 Å². The monoisotopic (exact) mass is 434 g/mol. The van der Waals surface area contributed by atoms with Crippen LogP contribution in [0.15, 0.2) is 90.0 Å². The first kappa shape index (κ1) is 20.3. The van der Waals surface area contributed by atoms with Crippen LogP contribution in [0.25, 0.3) is 10.8 Å². The maximum absolute atomic E-state index is 6.18. The molecule has 0 radical (unpaired) electrons. The van der Waals surface area contributed by atoms with E-state index in [9.17, 15) is 0 Å². The fourth-order valence-corrected chi connectivity index (χ4v) is 3.74. The average Bonchev–Trinajstić information content (AvgIpc) is 2.77. The summed E-state index contributed by atoms with van der Waals surface area (Å²) in [4.78, 5) is 0. The molecular weight excluding hydrogens is 415 g/mol. The Morgan fingerprint density at radius 2 is 1.57 bits per heavy atom. The zero-order valence-corrected chi connectivity index (χ0v) is 17.7. The van der Waals surface area contributed by atoms with Crippen LogP contribution in [-0.2, 0) is 13.2 Å². The van der Waals surface area contributed by atoms with E-state index in [2.05, 4.69) is 40.9 Å². The van der Waals surface area contributed by atoms with Gasteiger partial charge in [0, 0.05) is 15.6 Å². The number of fused-ring (bicyclic) bond motifs is 1. The van der Waals surface area contributed by atoms with Crippen LogP contribution in [-0.4, -0.2) is 6.21 Å². The van der Waals surface area contributed by atoms with Crippen molar-refractivity contribution in [2.75, 3.05) is 0 Å². The summed E-state index contributed by atoms with van der Waals surface area (Å²) in [7, 11) is 0. The van der Waals surface area contributed by atoms with Gasteiger partial charge < -0.3 is 10.2 Å². The van der Waals surface area contributed by atoms with Crippen molar-refractivity contribution < 1.29 is 4.74 Å². The van der Waals surface area contributed by atoms with Crippen LogP contribution >= 0.6 is 23.2 Å². The lowest BCUT2D eigenvalue weighted by Gasteiger charge is -2.09. The largest absolute Gasteiger partial charge is 0.489 e. The molecule has 0 spiro atoms. The smallest absolute Gasteiger partial charge is 0.120 e. The summed E-state index contributed by atoms with van der Waals surface area (Å²) < 4.78 is 6.03. The first-order valence-corrected chi connectivity index (χ1v) is 10.3. The van der Waals surface area contributed by atoms with E-state index in [0.29, 0.717) is 23.2 Å².